The van der Waals surface area contributed by atoms with Gasteiger partial charge in [-0.25, -0.2) is 0 Å². The van der Waals surface area contributed by atoms with Crippen LogP contribution in [-0.2, 0) is 19.2 Å². The Morgan fingerprint density at radius 1 is 1.00 bits per heavy atom. The maximum absolute atomic E-state index is 13.6. The molecule has 0 saturated carbocycles. The van der Waals surface area contributed by atoms with Gasteiger partial charge in [-0.1, -0.05) is 23.8 Å². The van der Waals surface area contributed by atoms with Crippen molar-refractivity contribution in [2.45, 2.75) is 45.1 Å². The second-order valence-corrected chi connectivity index (χ2v) is 11.0. The third-order valence-corrected chi connectivity index (χ3v) is 7.82. The molecule has 6 nitrogen and oxygen atoms in total. The van der Waals surface area contributed by atoms with Gasteiger partial charge in [0.25, 0.3) is 0 Å². The molecule has 0 unspecified atom stereocenters. The number of rotatable bonds is 1. The van der Waals surface area contributed by atoms with E-state index in [1.165, 1.54) is 11.0 Å². The van der Waals surface area contributed by atoms with E-state index in [9.17, 15) is 24.3 Å². The average Bonchev–Trinajstić information content (AvgIpc) is 3.01. The molecule has 0 bridgehead atoms. The van der Waals surface area contributed by atoms with Crippen LogP contribution in [-0.4, -0.2) is 38.9 Å². The monoisotopic (exact) mass is 509 g/mol. The van der Waals surface area contributed by atoms with Crippen LogP contribution in [0.4, 0.5) is 0 Å². The van der Waals surface area contributed by atoms with Crippen LogP contribution in [0.2, 0.25) is 0 Å². The van der Waals surface area contributed by atoms with Gasteiger partial charge in [0, 0.05) is 28.7 Å². The Kier molecular flexibility index (Phi) is 4.90. The minimum atomic E-state index is -0.635. The molecule has 2 amide bonds. The van der Waals surface area contributed by atoms with E-state index >= 15 is 0 Å². The summed E-state index contributed by atoms with van der Waals surface area (Å²) in [5.41, 5.74) is 1.88. The molecule has 7 heteroatoms. The van der Waals surface area contributed by atoms with Gasteiger partial charge in [0.2, 0.25) is 11.8 Å². The van der Waals surface area contributed by atoms with Crippen molar-refractivity contribution in [2.75, 3.05) is 0 Å². The molecule has 1 heterocycles. The summed E-state index contributed by atoms with van der Waals surface area (Å²) in [6, 6.07) is 6.60. The number of fused-ring (bicyclic) bond motifs is 3. The first-order chi connectivity index (χ1) is 15.5. The zero-order valence-electron chi connectivity index (χ0n) is 18.6. The summed E-state index contributed by atoms with van der Waals surface area (Å²) < 4.78 is 0.209. The summed E-state index contributed by atoms with van der Waals surface area (Å²) in [5, 5.41) is 9.79. The number of aromatic hydroxyl groups is 1. The minimum Gasteiger partial charge on any atom is -0.508 e. The van der Waals surface area contributed by atoms with Crippen LogP contribution in [0.15, 0.2) is 57.6 Å². The molecule has 4 atom stereocenters. The zero-order valence-corrected chi connectivity index (χ0v) is 20.2. The number of hydrogen-bond donors (Lipinski definition) is 1. The highest BCUT2D eigenvalue weighted by molar-refractivity contribution is 9.12. The normalized spacial score (nSPS) is 29.5. The van der Waals surface area contributed by atoms with E-state index in [4.69, 9.17) is 0 Å². The Labute approximate surface area is 200 Å². The SMILES string of the molecule is CC(C)(C)N1C(=O)[C@H]2[C@H](CC=C3[C@H](c4ccc(O)cc4)C4=C(C[C@H]32)C(=O)C(Br)=CC4=O)C1=O. The fourth-order valence-corrected chi connectivity index (χ4v) is 6.36. The van der Waals surface area contributed by atoms with Crippen molar-refractivity contribution in [3.8, 4) is 5.75 Å². The lowest BCUT2D eigenvalue weighted by Crippen LogP contribution is -2.46. The highest BCUT2D eigenvalue weighted by Crippen LogP contribution is 2.55. The van der Waals surface area contributed by atoms with Gasteiger partial charge in [-0.15, -0.1) is 0 Å². The molecule has 0 radical (unpaired) electrons. The molecular weight excluding hydrogens is 486 g/mol. The predicted molar refractivity (Wildman–Crippen MR) is 124 cm³/mol. The lowest BCUT2D eigenvalue weighted by molar-refractivity contribution is -0.145. The fourth-order valence-electron chi connectivity index (χ4n) is 5.91. The van der Waals surface area contributed by atoms with E-state index in [1.807, 2.05) is 26.8 Å². The van der Waals surface area contributed by atoms with E-state index in [-0.39, 0.29) is 46.0 Å². The third-order valence-electron chi connectivity index (χ3n) is 7.23. The first kappa shape index (κ1) is 22.0. The number of likely N-dealkylation sites (tertiary alicyclic amines) is 1. The molecule has 1 aromatic carbocycles. The number of halogens is 1. The first-order valence-electron chi connectivity index (χ1n) is 11.1. The Balaban J connectivity index is 1.68. The number of carbonyl (C=O) groups excluding carboxylic acids is 4. The van der Waals surface area contributed by atoms with Crippen molar-refractivity contribution in [3.63, 3.8) is 0 Å². The number of allylic oxidation sites excluding steroid dienone is 6. The van der Waals surface area contributed by atoms with E-state index in [0.29, 0.717) is 17.6 Å². The van der Waals surface area contributed by atoms with Gasteiger partial charge in [0.05, 0.1) is 16.3 Å². The van der Waals surface area contributed by atoms with Crippen LogP contribution in [0.1, 0.15) is 45.1 Å². The van der Waals surface area contributed by atoms with Crippen LogP contribution >= 0.6 is 15.9 Å². The van der Waals surface area contributed by atoms with Crippen LogP contribution < -0.4 is 0 Å². The molecule has 5 rings (SSSR count). The number of benzene rings is 1. The zero-order chi connectivity index (χ0) is 23.8. The largest absolute Gasteiger partial charge is 0.508 e. The van der Waals surface area contributed by atoms with Gasteiger partial charge in [-0.2, -0.15) is 0 Å². The van der Waals surface area contributed by atoms with Crippen molar-refractivity contribution in [1.29, 1.82) is 0 Å². The third kappa shape index (κ3) is 3.20. The number of imide groups is 1. The van der Waals surface area contributed by atoms with Crippen molar-refractivity contribution < 1.29 is 24.3 Å². The highest BCUT2D eigenvalue weighted by Gasteiger charge is 2.58. The maximum Gasteiger partial charge on any atom is 0.234 e. The number of nitrogens with zero attached hydrogens (tertiary/aromatic N) is 1. The summed E-state index contributed by atoms with van der Waals surface area (Å²) >= 11 is 3.22. The van der Waals surface area contributed by atoms with Gasteiger partial charge in [0.1, 0.15) is 5.75 Å². The second kappa shape index (κ2) is 7.35. The van der Waals surface area contributed by atoms with Crippen molar-refractivity contribution in [2.24, 2.45) is 17.8 Å². The number of amides is 2. The first-order valence-corrected chi connectivity index (χ1v) is 11.9. The van der Waals surface area contributed by atoms with Gasteiger partial charge in [-0.3, -0.25) is 24.1 Å². The molecule has 1 aromatic rings. The number of carbonyl (C=O) groups is 4. The van der Waals surface area contributed by atoms with E-state index in [2.05, 4.69) is 15.9 Å². The van der Waals surface area contributed by atoms with Crippen LogP contribution in [0.3, 0.4) is 0 Å². The summed E-state index contributed by atoms with van der Waals surface area (Å²) in [6.45, 7) is 5.54. The standard InChI is InChI=1S/C26H24BrNO5/c1-26(2,3)28-24(32)15-9-8-14-16(21(15)25(28)33)10-17-22(19(30)11-18(27)23(17)31)20(14)12-4-6-13(29)7-5-12/h4-8,11,15-16,20-21,29H,9-10H2,1-3H3/t15-,16+,20-,21-/m0/s1. The maximum atomic E-state index is 13.6. The Hall–Kier alpha value is -2.80. The lowest BCUT2D eigenvalue weighted by atomic mass is 9.59. The van der Waals surface area contributed by atoms with Gasteiger partial charge in [0.15, 0.2) is 11.6 Å². The van der Waals surface area contributed by atoms with E-state index < -0.39 is 23.3 Å². The summed E-state index contributed by atoms with van der Waals surface area (Å²) in [6.07, 6.45) is 3.98. The molecule has 33 heavy (non-hydrogen) atoms. The number of ketones is 2. The molecule has 1 fully saturated rings. The summed E-state index contributed by atoms with van der Waals surface area (Å²) in [5.74, 6) is -2.61. The highest BCUT2D eigenvalue weighted by atomic mass is 79.9. The van der Waals surface area contributed by atoms with Gasteiger partial charge >= 0.3 is 0 Å². The Bertz CT molecular complexity index is 1210. The topological polar surface area (TPSA) is 91.8 Å². The van der Waals surface area contributed by atoms with Crippen LogP contribution in [0.25, 0.3) is 0 Å². The van der Waals surface area contributed by atoms with E-state index in [1.54, 1.807) is 24.3 Å². The Morgan fingerprint density at radius 3 is 2.30 bits per heavy atom. The fraction of sp³-hybridized carbons (Fsp3) is 0.385. The average molecular weight is 510 g/mol. The molecule has 0 aromatic heterocycles. The smallest absolute Gasteiger partial charge is 0.234 e. The molecule has 1 aliphatic heterocycles. The molecule has 1 N–H and O–H groups in total. The molecule has 1 saturated heterocycles. The minimum absolute atomic E-state index is 0.101. The lowest BCUT2D eigenvalue weighted by Gasteiger charge is -2.42. The number of Topliss-reactive ketones (excluding diaryl/α,β-unsaturated/α-hetero) is 1. The van der Waals surface area contributed by atoms with Gasteiger partial charge in [-0.05, 0) is 73.2 Å². The van der Waals surface area contributed by atoms with Gasteiger partial charge < -0.3 is 5.11 Å². The van der Waals surface area contributed by atoms with Crippen LogP contribution in [0.5, 0.6) is 5.75 Å². The molecule has 0 spiro atoms. The number of phenols is 1. The number of hydrogen-bond acceptors (Lipinski definition) is 5. The van der Waals surface area contributed by atoms with Crippen molar-refractivity contribution in [3.05, 3.63) is 63.2 Å². The van der Waals surface area contributed by atoms with Crippen LogP contribution in [0, 0.1) is 17.8 Å². The summed E-state index contributed by atoms with van der Waals surface area (Å²) in [7, 11) is 0. The molecule has 4 aliphatic rings. The van der Waals surface area contributed by atoms with Crippen molar-refractivity contribution in [1.82, 2.24) is 4.90 Å². The Morgan fingerprint density at radius 2 is 1.67 bits per heavy atom. The number of phenolic OH excluding ortho intramolecular Hbond substituents is 1. The second-order valence-electron chi connectivity index (χ2n) is 10.2. The molecule has 170 valence electrons. The predicted octanol–water partition coefficient (Wildman–Crippen LogP) is 3.95. The summed E-state index contributed by atoms with van der Waals surface area (Å²) in [4.78, 5) is 54.4. The molecular formula is C26H24BrNO5. The van der Waals surface area contributed by atoms with E-state index in [0.717, 1.165) is 11.1 Å². The molecule has 3 aliphatic carbocycles. The van der Waals surface area contributed by atoms with Crippen molar-refractivity contribution >= 4 is 39.3 Å². The quantitative estimate of drug-likeness (QED) is 0.351.